The molecule has 0 amide bonds. The molecule has 58 heavy (non-hydrogen) atoms. The Hall–Kier alpha value is -5.06. The van der Waals surface area contributed by atoms with Gasteiger partial charge in [-0.05, 0) is 157 Å². The van der Waals surface area contributed by atoms with E-state index in [0.29, 0.717) is 0 Å². The molecular formula is C48H60N2O8. The predicted molar refractivity (Wildman–Crippen MR) is 227 cm³/mol. The Kier molecular flexibility index (Phi) is 13.2. The molecule has 0 saturated carbocycles. The first-order chi connectivity index (χ1) is 28.4. The highest BCUT2D eigenvalue weighted by molar-refractivity contribution is 5.54. The minimum Gasteiger partial charge on any atom is -0.493 e. The van der Waals surface area contributed by atoms with Crippen LogP contribution in [0.2, 0.25) is 0 Å². The summed E-state index contributed by atoms with van der Waals surface area (Å²) in [7, 11) is 13.7. The summed E-state index contributed by atoms with van der Waals surface area (Å²) in [6, 6.07) is 17.7. The fraction of sp³-hybridized carbons (Fsp3) is 0.458. The van der Waals surface area contributed by atoms with Crippen LogP contribution in [0.15, 0.2) is 60.7 Å². The van der Waals surface area contributed by atoms with Crippen LogP contribution in [0, 0.1) is 0 Å². The zero-order valence-corrected chi connectivity index (χ0v) is 35.6. The second-order valence-corrected chi connectivity index (χ2v) is 15.4. The summed E-state index contributed by atoms with van der Waals surface area (Å²) < 4.78 is 46.7. The Morgan fingerprint density at radius 1 is 0.362 bits per heavy atom. The molecule has 4 aromatic rings. The largest absolute Gasteiger partial charge is 0.493 e. The summed E-state index contributed by atoms with van der Waals surface area (Å²) in [6.07, 6.45) is 11.8. The van der Waals surface area contributed by atoms with Crippen molar-refractivity contribution in [1.29, 1.82) is 0 Å². The van der Waals surface area contributed by atoms with Gasteiger partial charge in [-0.25, -0.2) is 0 Å². The minimum atomic E-state index is 0.148. The Bertz CT molecular complexity index is 1950. The molecule has 0 radical (unpaired) electrons. The first-order valence-electron chi connectivity index (χ1n) is 20.5. The molecule has 3 aliphatic rings. The van der Waals surface area contributed by atoms with E-state index in [9.17, 15) is 0 Å². The van der Waals surface area contributed by atoms with Crippen molar-refractivity contribution in [3.05, 3.63) is 105 Å². The van der Waals surface area contributed by atoms with Gasteiger partial charge in [-0.2, -0.15) is 0 Å². The van der Waals surface area contributed by atoms with Gasteiger partial charge in [-0.15, -0.1) is 0 Å². The molecule has 0 spiro atoms. The van der Waals surface area contributed by atoms with Gasteiger partial charge in [-0.1, -0.05) is 12.2 Å². The van der Waals surface area contributed by atoms with Crippen molar-refractivity contribution in [1.82, 2.24) is 9.80 Å². The van der Waals surface area contributed by atoms with Crippen LogP contribution in [0.5, 0.6) is 46.0 Å². The second-order valence-electron chi connectivity index (χ2n) is 15.4. The van der Waals surface area contributed by atoms with Crippen molar-refractivity contribution >= 4 is 0 Å². The number of fused-ring (bicyclic) bond motifs is 8. The highest BCUT2D eigenvalue weighted by atomic mass is 16.5. The molecule has 3 aliphatic heterocycles. The van der Waals surface area contributed by atoms with Crippen molar-refractivity contribution in [2.45, 2.75) is 63.5 Å². The summed E-state index contributed by atoms with van der Waals surface area (Å²) in [5, 5.41) is 0. The SMILES string of the molecule is COc1cc2c(cc1OC)C[C@@H]1c3cc(OC)c(OC)cc3CCN1CCCCN1CCc3cc(OC)c(OC)cc3[C@H]1Cc1cc(OC)c(OC)cc1C/C=C/C2. The van der Waals surface area contributed by atoms with E-state index in [1.165, 1.54) is 44.5 Å². The number of hydrogen-bond donors (Lipinski definition) is 0. The van der Waals surface area contributed by atoms with Gasteiger partial charge in [0.2, 0.25) is 0 Å². The van der Waals surface area contributed by atoms with Gasteiger partial charge in [0, 0.05) is 25.2 Å². The Morgan fingerprint density at radius 2 is 0.655 bits per heavy atom. The molecular weight excluding hydrogens is 733 g/mol. The number of ether oxygens (including phenoxy) is 8. The van der Waals surface area contributed by atoms with Gasteiger partial charge < -0.3 is 37.9 Å². The first-order valence-corrected chi connectivity index (χ1v) is 20.5. The minimum absolute atomic E-state index is 0.148. The summed E-state index contributed by atoms with van der Waals surface area (Å²) in [4.78, 5) is 5.37. The maximum atomic E-state index is 5.88. The van der Waals surface area contributed by atoms with Crippen LogP contribution in [0.1, 0.15) is 69.4 Å². The lowest BCUT2D eigenvalue weighted by molar-refractivity contribution is 0.158. The number of rotatable bonds is 8. The van der Waals surface area contributed by atoms with Crippen LogP contribution in [-0.4, -0.2) is 92.9 Å². The van der Waals surface area contributed by atoms with Crippen LogP contribution in [0.3, 0.4) is 0 Å². The number of benzene rings is 4. The van der Waals surface area contributed by atoms with Gasteiger partial charge in [0.15, 0.2) is 46.0 Å². The number of hydrogen-bond acceptors (Lipinski definition) is 10. The number of methoxy groups -OCH3 is 8. The van der Waals surface area contributed by atoms with E-state index in [0.717, 1.165) is 124 Å². The van der Waals surface area contributed by atoms with Crippen LogP contribution in [0.4, 0.5) is 0 Å². The zero-order valence-electron chi connectivity index (χ0n) is 35.6. The van der Waals surface area contributed by atoms with Crippen LogP contribution < -0.4 is 37.9 Å². The number of allylic oxidation sites excluding steroid dienone is 2. The molecule has 0 unspecified atom stereocenters. The van der Waals surface area contributed by atoms with Crippen molar-refractivity contribution in [3.63, 3.8) is 0 Å². The molecule has 0 aromatic heterocycles. The van der Waals surface area contributed by atoms with E-state index in [1.807, 2.05) is 0 Å². The monoisotopic (exact) mass is 792 g/mol. The van der Waals surface area contributed by atoms with E-state index in [-0.39, 0.29) is 12.1 Å². The van der Waals surface area contributed by atoms with E-state index in [2.05, 4.69) is 70.5 Å². The Balaban J connectivity index is 1.32. The number of nitrogens with zero attached hydrogens (tertiary/aromatic N) is 2. The highest BCUT2D eigenvalue weighted by Crippen LogP contribution is 2.44. The first kappa shape index (κ1) is 41.1. The Labute approximate surface area is 344 Å². The molecule has 7 rings (SSSR count). The van der Waals surface area contributed by atoms with Gasteiger partial charge in [0.1, 0.15) is 0 Å². The predicted octanol–water partition coefficient (Wildman–Crippen LogP) is 8.17. The normalized spacial score (nSPS) is 19.2. The summed E-state index contributed by atoms with van der Waals surface area (Å²) in [5.74, 6) is 6.03. The van der Waals surface area contributed by atoms with E-state index in [4.69, 9.17) is 37.9 Å². The lowest BCUT2D eigenvalue weighted by atomic mass is 9.85. The molecule has 3 heterocycles. The molecule has 310 valence electrons. The van der Waals surface area contributed by atoms with Crippen LogP contribution in [-0.2, 0) is 38.5 Å². The maximum Gasteiger partial charge on any atom is 0.161 e. The second kappa shape index (κ2) is 18.7. The summed E-state index contributed by atoms with van der Waals surface area (Å²) in [6.45, 7) is 3.92. The third-order valence-corrected chi connectivity index (χ3v) is 12.4. The Morgan fingerprint density at radius 3 is 0.983 bits per heavy atom. The van der Waals surface area contributed by atoms with Crippen molar-refractivity contribution in [2.24, 2.45) is 0 Å². The zero-order chi connectivity index (χ0) is 40.8. The fourth-order valence-corrected chi connectivity index (χ4v) is 9.33. The average molecular weight is 793 g/mol. The molecule has 0 aliphatic carbocycles. The van der Waals surface area contributed by atoms with Crippen molar-refractivity contribution < 1.29 is 37.9 Å². The average Bonchev–Trinajstić information content (AvgIpc) is 3.26. The molecule has 0 N–H and O–H groups in total. The maximum absolute atomic E-state index is 5.88. The van der Waals surface area contributed by atoms with Gasteiger partial charge in [0.25, 0.3) is 0 Å². The van der Waals surface area contributed by atoms with Gasteiger partial charge >= 0.3 is 0 Å². The molecule has 10 nitrogen and oxygen atoms in total. The van der Waals surface area contributed by atoms with Crippen molar-refractivity contribution in [2.75, 3.05) is 83.1 Å². The lowest BCUT2D eigenvalue weighted by Crippen LogP contribution is -2.39. The van der Waals surface area contributed by atoms with Gasteiger partial charge in [-0.3, -0.25) is 9.80 Å². The summed E-state index contributed by atoms with van der Waals surface area (Å²) >= 11 is 0. The molecule has 0 saturated heterocycles. The van der Waals surface area contributed by atoms with E-state index < -0.39 is 0 Å². The van der Waals surface area contributed by atoms with E-state index >= 15 is 0 Å². The van der Waals surface area contributed by atoms with Crippen molar-refractivity contribution in [3.8, 4) is 46.0 Å². The topological polar surface area (TPSA) is 80.3 Å². The molecule has 2 atom stereocenters. The molecule has 0 fully saturated rings. The fourth-order valence-electron chi connectivity index (χ4n) is 9.33. The quantitative estimate of drug-likeness (QED) is 0.163. The molecule has 4 aromatic carbocycles. The van der Waals surface area contributed by atoms with Crippen LogP contribution >= 0.6 is 0 Å². The van der Waals surface area contributed by atoms with Crippen LogP contribution in [0.25, 0.3) is 0 Å². The third kappa shape index (κ3) is 8.41. The standard InChI is InChI=1S/C48H60N2O8/c1-51-41-23-31-13-9-10-14-32-24-42(52-2)46(56-6)28-36(32)22-40-38-30-48(58-8)44(54-4)26-34(38)16-20-50(40)18-12-11-17-49-19-15-33-25-43(53-3)47(57-7)29-37(33)39(49)21-35(31)27-45(41)55-5/h9-10,23-30,39-40H,11-22H2,1-8H3/b10-9+/t39-,40-/m1/s1. The molecule has 10 heteroatoms. The smallest absolute Gasteiger partial charge is 0.161 e. The lowest BCUT2D eigenvalue weighted by Gasteiger charge is -2.40. The molecule has 0 bridgehead atoms. The van der Waals surface area contributed by atoms with Gasteiger partial charge in [0.05, 0.1) is 56.9 Å². The highest BCUT2D eigenvalue weighted by Gasteiger charge is 2.33. The third-order valence-electron chi connectivity index (χ3n) is 12.4. The van der Waals surface area contributed by atoms with E-state index in [1.54, 1.807) is 56.9 Å². The summed E-state index contributed by atoms with van der Waals surface area (Å²) in [5.41, 5.74) is 10.2.